The van der Waals surface area contributed by atoms with Crippen LogP contribution < -0.4 is 5.32 Å². The van der Waals surface area contributed by atoms with Crippen LogP contribution in [0.15, 0.2) is 42.7 Å². The maximum atomic E-state index is 11.3. The van der Waals surface area contributed by atoms with Crippen LogP contribution in [-0.4, -0.2) is 21.5 Å². The molecule has 1 fully saturated rings. The number of thiophene rings is 1. The van der Waals surface area contributed by atoms with Crippen molar-refractivity contribution < 1.29 is 4.79 Å². The van der Waals surface area contributed by atoms with Crippen LogP contribution in [0.5, 0.6) is 0 Å². The Bertz CT molecular complexity index is 772. The van der Waals surface area contributed by atoms with Crippen molar-refractivity contribution in [1.82, 2.24) is 14.9 Å². The largest absolute Gasteiger partial charge is 0.352 e. The molecular formula is C16H15N3OS. The van der Waals surface area contributed by atoms with Gasteiger partial charge < -0.3 is 9.88 Å². The quantitative estimate of drug-likeness (QED) is 0.807. The number of carbonyl (C=O) groups is 1. The second kappa shape index (κ2) is 5.00. The van der Waals surface area contributed by atoms with E-state index in [0.717, 1.165) is 18.8 Å². The Labute approximate surface area is 126 Å². The maximum absolute atomic E-state index is 11.3. The first-order valence-corrected chi connectivity index (χ1v) is 7.91. The Balaban J connectivity index is 1.66. The number of amides is 1. The van der Waals surface area contributed by atoms with Crippen molar-refractivity contribution in [3.05, 3.63) is 42.7 Å². The van der Waals surface area contributed by atoms with E-state index in [1.165, 1.54) is 15.0 Å². The summed E-state index contributed by atoms with van der Waals surface area (Å²) in [6.07, 6.45) is 5.36. The summed E-state index contributed by atoms with van der Waals surface area (Å²) < 4.78 is 3.41. The van der Waals surface area contributed by atoms with Crippen molar-refractivity contribution in [2.45, 2.75) is 25.4 Å². The van der Waals surface area contributed by atoms with Crippen molar-refractivity contribution >= 4 is 27.3 Å². The van der Waals surface area contributed by atoms with E-state index >= 15 is 0 Å². The van der Waals surface area contributed by atoms with Crippen LogP contribution in [0.1, 0.15) is 12.8 Å². The number of benzene rings is 1. The minimum absolute atomic E-state index is 0.156. The molecule has 3 heterocycles. The molecule has 1 saturated heterocycles. The molecule has 1 aromatic carbocycles. The molecule has 4 rings (SSSR count). The van der Waals surface area contributed by atoms with Gasteiger partial charge in [-0.3, -0.25) is 4.79 Å². The van der Waals surface area contributed by atoms with E-state index in [1.807, 2.05) is 12.4 Å². The molecule has 4 nitrogen and oxygen atoms in total. The fourth-order valence-corrected chi connectivity index (χ4v) is 3.90. The van der Waals surface area contributed by atoms with E-state index in [9.17, 15) is 4.79 Å². The van der Waals surface area contributed by atoms with Crippen molar-refractivity contribution in [2.75, 3.05) is 0 Å². The first-order valence-electron chi connectivity index (χ1n) is 7.09. The van der Waals surface area contributed by atoms with E-state index < -0.39 is 0 Å². The lowest BCUT2D eigenvalue weighted by atomic mass is 10.2. The molecule has 3 aromatic rings. The minimum atomic E-state index is 0.156. The molecule has 1 unspecified atom stereocenters. The van der Waals surface area contributed by atoms with Crippen LogP contribution in [0.2, 0.25) is 0 Å². The van der Waals surface area contributed by atoms with Gasteiger partial charge in [0.05, 0.1) is 4.88 Å². The number of fused-ring (bicyclic) bond motifs is 1. The number of carbonyl (C=O) groups excluding carboxylic acids is 1. The molecule has 0 spiro atoms. The molecule has 1 N–H and O–H groups in total. The third kappa shape index (κ3) is 2.34. The van der Waals surface area contributed by atoms with E-state index in [0.29, 0.717) is 6.42 Å². The molecule has 1 aliphatic heterocycles. The number of nitrogens with one attached hydrogen (secondary N) is 1. The lowest BCUT2D eigenvalue weighted by molar-refractivity contribution is -0.119. The minimum Gasteiger partial charge on any atom is -0.352 e. The molecule has 1 atom stereocenters. The lowest BCUT2D eigenvalue weighted by Gasteiger charge is -2.12. The first-order chi connectivity index (χ1) is 10.3. The Morgan fingerprint density at radius 1 is 1.38 bits per heavy atom. The second-order valence-corrected chi connectivity index (χ2v) is 6.44. The molecular weight excluding hydrogens is 282 g/mol. The summed E-state index contributed by atoms with van der Waals surface area (Å²) in [5.74, 6) is 1.14. The predicted octanol–water partition coefficient (Wildman–Crippen LogP) is 3.04. The highest BCUT2D eigenvalue weighted by atomic mass is 32.1. The Kier molecular flexibility index (Phi) is 3.00. The van der Waals surface area contributed by atoms with Crippen molar-refractivity contribution in [3.63, 3.8) is 0 Å². The summed E-state index contributed by atoms with van der Waals surface area (Å²) in [5, 5.41) is 4.26. The Morgan fingerprint density at radius 2 is 2.29 bits per heavy atom. The van der Waals surface area contributed by atoms with Gasteiger partial charge in [0.25, 0.3) is 0 Å². The lowest BCUT2D eigenvalue weighted by Crippen LogP contribution is -2.29. The van der Waals surface area contributed by atoms with Gasteiger partial charge in [-0.2, -0.15) is 0 Å². The normalized spacial score (nSPS) is 18.3. The number of hydrogen-bond donors (Lipinski definition) is 1. The van der Waals surface area contributed by atoms with Gasteiger partial charge in [0.1, 0.15) is 5.82 Å². The summed E-state index contributed by atoms with van der Waals surface area (Å²) in [5.41, 5.74) is 0. The Morgan fingerprint density at radius 3 is 3.10 bits per heavy atom. The van der Waals surface area contributed by atoms with E-state index in [1.54, 1.807) is 11.3 Å². The fourth-order valence-electron chi connectivity index (χ4n) is 2.83. The summed E-state index contributed by atoms with van der Waals surface area (Å²) in [6.45, 7) is 0.787. The fraction of sp³-hybridized carbons (Fsp3) is 0.250. The highest BCUT2D eigenvalue weighted by Crippen LogP contribution is 2.32. The Hall–Kier alpha value is -2.14. The predicted molar refractivity (Wildman–Crippen MR) is 84.2 cm³/mol. The number of imidazole rings is 1. The van der Waals surface area contributed by atoms with E-state index in [-0.39, 0.29) is 11.9 Å². The van der Waals surface area contributed by atoms with Crippen LogP contribution >= 0.6 is 11.3 Å². The topological polar surface area (TPSA) is 46.9 Å². The number of rotatable bonds is 3. The zero-order valence-electron chi connectivity index (χ0n) is 11.5. The van der Waals surface area contributed by atoms with Gasteiger partial charge in [0, 0.05) is 36.1 Å². The summed E-state index contributed by atoms with van der Waals surface area (Å²) in [6, 6.07) is 10.8. The van der Waals surface area contributed by atoms with Gasteiger partial charge in [-0.05, 0) is 23.9 Å². The van der Waals surface area contributed by atoms with Crippen molar-refractivity contribution in [1.29, 1.82) is 0 Å². The van der Waals surface area contributed by atoms with Crippen molar-refractivity contribution in [2.24, 2.45) is 0 Å². The highest BCUT2D eigenvalue weighted by Gasteiger charge is 2.22. The summed E-state index contributed by atoms with van der Waals surface area (Å²) >= 11 is 1.76. The molecule has 5 heteroatoms. The molecule has 1 aliphatic rings. The standard InChI is InChI=1S/C16H15N3OS/c20-15-6-5-12(18-15)10-19-8-7-17-16(19)14-9-11-3-1-2-4-13(11)21-14/h1-4,7-9,12H,5-6,10H2,(H,18,20). The molecule has 0 bridgehead atoms. The zero-order chi connectivity index (χ0) is 14.2. The number of aromatic nitrogens is 2. The van der Waals surface area contributed by atoms with Gasteiger partial charge in [-0.1, -0.05) is 18.2 Å². The molecule has 2 aromatic heterocycles. The van der Waals surface area contributed by atoms with E-state index in [2.05, 4.69) is 45.2 Å². The van der Waals surface area contributed by atoms with Crippen LogP contribution in [0.25, 0.3) is 20.8 Å². The smallest absolute Gasteiger partial charge is 0.220 e. The monoisotopic (exact) mass is 297 g/mol. The zero-order valence-corrected chi connectivity index (χ0v) is 12.3. The van der Waals surface area contributed by atoms with Crippen LogP contribution in [-0.2, 0) is 11.3 Å². The summed E-state index contributed by atoms with van der Waals surface area (Å²) in [4.78, 5) is 17.0. The SMILES string of the molecule is O=C1CCC(Cn2ccnc2-c2cc3ccccc3s2)N1. The van der Waals surface area contributed by atoms with Gasteiger partial charge in [0.15, 0.2) is 0 Å². The molecule has 1 amide bonds. The van der Waals surface area contributed by atoms with Crippen LogP contribution in [0.3, 0.4) is 0 Å². The molecule has 0 aliphatic carbocycles. The molecule has 0 radical (unpaired) electrons. The second-order valence-electron chi connectivity index (χ2n) is 5.35. The molecule has 21 heavy (non-hydrogen) atoms. The average Bonchev–Trinajstić information content (AvgIpc) is 3.18. The van der Waals surface area contributed by atoms with Crippen molar-refractivity contribution in [3.8, 4) is 10.7 Å². The third-order valence-electron chi connectivity index (χ3n) is 3.86. The van der Waals surface area contributed by atoms with Crippen LogP contribution in [0.4, 0.5) is 0 Å². The van der Waals surface area contributed by atoms with Crippen LogP contribution in [0, 0.1) is 0 Å². The van der Waals surface area contributed by atoms with Gasteiger partial charge >= 0.3 is 0 Å². The number of nitrogens with zero attached hydrogens (tertiary/aromatic N) is 2. The molecule has 0 saturated carbocycles. The number of hydrogen-bond acceptors (Lipinski definition) is 3. The molecule has 106 valence electrons. The average molecular weight is 297 g/mol. The highest BCUT2D eigenvalue weighted by molar-refractivity contribution is 7.22. The third-order valence-corrected chi connectivity index (χ3v) is 4.98. The first kappa shape index (κ1) is 12.6. The maximum Gasteiger partial charge on any atom is 0.220 e. The van der Waals surface area contributed by atoms with Gasteiger partial charge in [-0.15, -0.1) is 11.3 Å². The van der Waals surface area contributed by atoms with Gasteiger partial charge in [-0.25, -0.2) is 4.98 Å². The summed E-state index contributed by atoms with van der Waals surface area (Å²) in [7, 11) is 0. The van der Waals surface area contributed by atoms with Gasteiger partial charge in [0.2, 0.25) is 5.91 Å². The van der Waals surface area contributed by atoms with E-state index in [4.69, 9.17) is 0 Å².